The highest BCUT2D eigenvalue weighted by Crippen LogP contribution is 2.38. The zero-order valence-corrected chi connectivity index (χ0v) is 7.81. The minimum atomic E-state index is -0.0642. The fraction of sp³-hybridized carbons (Fsp3) is 1.00. The van der Waals surface area contributed by atoms with Crippen LogP contribution in [0, 0.1) is 5.41 Å². The highest BCUT2D eigenvalue weighted by atomic mass is 16.6. The fourth-order valence-corrected chi connectivity index (χ4v) is 1.26. The van der Waals surface area contributed by atoms with Crippen LogP contribution >= 0.6 is 0 Å². The van der Waals surface area contributed by atoms with Crippen molar-refractivity contribution in [3.63, 3.8) is 0 Å². The van der Waals surface area contributed by atoms with E-state index in [9.17, 15) is 0 Å². The van der Waals surface area contributed by atoms with Crippen LogP contribution in [-0.2, 0) is 9.31 Å². The molecular formula is C8H16BO2. The Labute approximate surface area is 69.6 Å². The summed E-state index contributed by atoms with van der Waals surface area (Å²) in [5.74, 6) is 0. The quantitative estimate of drug-likeness (QED) is 0.537. The van der Waals surface area contributed by atoms with Crippen LogP contribution in [0.1, 0.15) is 34.1 Å². The molecule has 1 aliphatic rings. The van der Waals surface area contributed by atoms with Gasteiger partial charge in [0.1, 0.15) is 0 Å². The molecule has 1 saturated heterocycles. The molecule has 2 nitrogen and oxygen atoms in total. The molecule has 0 amide bonds. The molecule has 0 spiro atoms. The molecule has 1 atom stereocenters. The van der Waals surface area contributed by atoms with Crippen LogP contribution in [0.2, 0.25) is 0 Å². The lowest BCUT2D eigenvalue weighted by Gasteiger charge is -2.46. The average Bonchev–Trinajstić information content (AvgIpc) is 1.95. The molecule has 1 radical (unpaired) electrons. The minimum Gasteiger partial charge on any atom is -0.413 e. The second-order valence-electron chi connectivity index (χ2n) is 3.99. The molecule has 1 heterocycles. The number of hydrogen-bond acceptors (Lipinski definition) is 2. The zero-order chi connectivity index (χ0) is 8.54. The Kier molecular flexibility index (Phi) is 2.31. The van der Waals surface area contributed by atoms with E-state index in [-0.39, 0.29) is 11.0 Å². The maximum Gasteiger partial charge on any atom is 0.488 e. The fourth-order valence-electron chi connectivity index (χ4n) is 1.26. The van der Waals surface area contributed by atoms with Crippen LogP contribution in [0.25, 0.3) is 0 Å². The van der Waals surface area contributed by atoms with Crippen molar-refractivity contribution in [2.45, 2.75) is 39.7 Å². The average molecular weight is 155 g/mol. The van der Waals surface area contributed by atoms with E-state index in [1.54, 1.807) is 0 Å². The monoisotopic (exact) mass is 155 g/mol. The molecule has 0 aliphatic carbocycles. The van der Waals surface area contributed by atoms with Crippen molar-refractivity contribution in [2.24, 2.45) is 5.41 Å². The van der Waals surface area contributed by atoms with E-state index in [1.807, 2.05) is 0 Å². The lowest BCUT2D eigenvalue weighted by atomic mass is 9.73. The SMILES string of the molecule is CCC1(C)O[B]OCC1(C)C. The molecule has 1 fully saturated rings. The molecule has 0 bridgehead atoms. The highest BCUT2D eigenvalue weighted by molar-refractivity contribution is 6.18. The Morgan fingerprint density at radius 2 is 2.00 bits per heavy atom. The number of hydrogen-bond donors (Lipinski definition) is 0. The van der Waals surface area contributed by atoms with Crippen molar-refractivity contribution in [3.05, 3.63) is 0 Å². The molecule has 3 heteroatoms. The third-order valence-electron chi connectivity index (χ3n) is 2.93. The molecule has 0 N–H and O–H groups in total. The Morgan fingerprint density at radius 1 is 1.36 bits per heavy atom. The lowest BCUT2D eigenvalue weighted by molar-refractivity contribution is -0.102. The summed E-state index contributed by atoms with van der Waals surface area (Å²) in [4.78, 5) is 0. The van der Waals surface area contributed by atoms with E-state index in [0.717, 1.165) is 13.0 Å². The first-order valence-corrected chi connectivity index (χ1v) is 4.13. The van der Waals surface area contributed by atoms with Crippen LogP contribution in [0.3, 0.4) is 0 Å². The van der Waals surface area contributed by atoms with Gasteiger partial charge >= 0.3 is 7.69 Å². The van der Waals surface area contributed by atoms with Gasteiger partial charge in [-0.25, -0.2) is 0 Å². The normalized spacial score (nSPS) is 36.4. The predicted molar refractivity (Wildman–Crippen MR) is 45.3 cm³/mol. The van der Waals surface area contributed by atoms with Gasteiger partial charge in [0.25, 0.3) is 0 Å². The van der Waals surface area contributed by atoms with Gasteiger partial charge in [0, 0.05) is 12.0 Å². The minimum absolute atomic E-state index is 0.0642. The first-order chi connectivity index (χ1) is 5.02. The standard InChI is InChI=1S/C8H16BO2/c1-5-8(4)7(2,3)6-10-9-11-8/h5-6H2,1-4H3. The van der Waals surface area contributed by atoms with Gasteiger partial charge in [-0.3, -0.25) is 0 Å². The van der Waals surface area contributed by atoms with Crippen LogP contribution in [0.5, 0.6) is 0 Å². The topological polar surface area (TPSA) is 18.5 Å². The second kappa shape index (κ2) is 2.79. The molecule has 1 unspecified atom stereocenters. The molecule has 11 heavy (non-hydrogen) atoms. The van der Waals surface area contributed by atoms with Gasteiger partial charge < -0.3 is 9.31 Å². The Morgan fingerprint density at radius 3 is 2.36 bits per heavy atom. The molecule has 1 aliphatic heterocycles. The maximum atomic E-state index is 5.48. The van der Waals surface area contributed by atoms with E-state index >= 15 is 0 Å². The molecule has 1 rings (SSSR count). The Bertz CT molecular complexity index is 147. The van der Waals surface area contributed by atoms with Crippen LogP contribution < -0.4 is 0 Å². The molecule has 0 aromatic rings. The second-order valence-corrected chi connectivity index (χ2v) is 3.99. The molecule has 63 valence electrons. The van der Waals surface area contributed by atoms with E-state index < -0.39 is 0 Å². The first kappa shape index (κ1) is 9.08. The van der Waals surface area contributed by atoms with Gasteiger partial charge in [-0.05, 0) is 13.3 Å². The third kappa shape index (κ3) is 1.45. The molecule has 0 saturated carbocycles. The molecular weight excluding hydrogens is 139 g/mol. The first-order valence-electron chi connectivity index (χ1n) is 4.13. The van der Waals surface area contributed by atoms with E-state index in [4.69, 9.17) is 9.31 Å². The van der Waals surface area contributed by atoms with E-state index in [1.165, 1.54) is 7.69 Å². The summed E-state index contributed by atoms with van der Waals surface area (Å²) in [6.45, 7) is 9.36. The van der Waals surface area contributed by atoms with E-state index in [0.29, 0.717) is 0 Å². The summed E-state index contributed by atoms with van der Waals surface area (Å²) in [6, 6.07) is 0. The molecule has 0 aromatic heterocycles. The predicted octanol–water partition coefficient (Wildman–Crippen LogP) is 1.76. The van der Waals surface area contributed by atoms with Crippen LogP contribution in [0.4, 0.5) is 0 Å². The summed E-state index contributed by atoms with van der Waals surface area (Å²) in [7, 11) is 1.47. The summed E-state index contributed by atoms with van der Waals surface area (Å²) in [5.41, 5.74) is 0.0434. The summed E-state index contributed by atoms with van der Waals surface area (Å²) in [6.07, 6.45) is 1.01. The van der Waals surface area contributed by atoms with Gasteiger partial charge in [0.2, 0.25) is 0 Å². The zero-order valence-electron chi connectivity index (χ0n) is 7.81. The van der Waals surface area contributed by atoms with Crippen LogP contribution in [-0.4, -0.2) is 19.9 Å². The van der Waals surface area contributed by atoms with Gasteiger partial charge in [0.15, 0.2) is 0 Å². The largest absolute Gasteiger partial charge is 0.488 e. The van der Waals surface area contributed by atoms with Crippen molar-refractivity contribution in [1.82, 2.24) is 0 Å². The summed E-state index contributed by atoms with van der Waals surface area (Å²) >= 11 is 0. The maximum absolute atomic E-state index is 5.48. The van der Waals surface area contributed by atoms with E-state index in [2.05, 4.69) is 27.7 Å². The summed E-state index contributed by atoms with van der Waals surface area (Å²) < 4.78 is 10.6. The van der Waals surface area contributed by atoms with Gasteiger partial charge in [-0.1, -0.05) is 20.8 Å². The molecule has 0 aromatic carbocycles. The van der Waals surface area contributed by atoms with Crippen molar-refractivity contribution >= 4 is 7.69 Å². The third-order valence-corrected chi connectivity index (χ3v) is 2.93. The smallest absolute Gasteiger partial charge is 0.413 e. The van der Waals surface area contributed by atoms with Crippen molar-refractivity contribution in [2.75, 3.05) is 6.61 Å². The lowest BCUT2D eigenvalue weighted by Crippen LogP contribution is -2.52. The summed E-state index contributed by atoms with van der Waals surface area (Å²) in [5, 5.41) is 0. The highest BCUT2D eigenvalue weighted by Gasteiger charge is 2.43. The van der Waals surface area contributed by atoms with Crippen molar-refractivity contribution < 1.29 is 9.31 Å². The number of rotatable bonds is 1. The van der Waals surface area contributed by atoms with Gasteiger partial charge in [-0.2, -0.15) is 0 Å². The Hall–Kier alpha value is -0.0151. The van der Waals surface area contributed by atoms with Crippen molar-refractivity contribution in [3.8, 4) is 0 Å². The van der Waals surface area contributed by atoms with Gasteiger partial charge in [-0.15, -0.1) is 0 Å². The van der Waals surface area contributed by atoms with Crippen LogP contribution in [0.15, 0.2) is 0 Å². The van der Waals surface area contributed by atoms with Gasteiger partial charge in [0.05, 0.1) is 5.60 Å². The Balaban J connectivity index is 2.74. The van der Waals surface area contributed by atoms with Crippen molar-refractivity contribution in [1.29, 1.82) is 0 Å².